The van der Waals surface area contributed by atoms with Crippen LogP contribution in [0, 0.1) is 0 Å². The summed E-state index contributed by atoms with van der Waals surface area (Å²) in [7, 11) is 1.11. The van der Waals surface area contributed by atoms with Crippen LogP contribution in [0.15, 0.2) is 48.5 Å². The number of ether oxygens (including phenoxy) is 1. The number of rotatable bonds is 6. The number of halogens is 6. The van der Waals surface area contributed by atoms with E-state index in [1.165, 1.54) is 26.0 Å². The van der Waals surface area contributed by atoms with E-state index in [2.05, 4.69) is 10.4 Å². The molecule has 35 heavy (non-hydrogen) atoms. The molecule has 0 fully saturated rings. The zero-order chi connectivity index (χ0) is 26.1. The van der Waals surface area contributed by atoms with E-state index in [4.69, 9.17) is 4.74 Å². The van der Waals surface area contributed by atoms with Gasteiger partial charge in [0.1, 0.15) is 11.3 Å². The van der Waals surface area contributed by atoms with Crippen LogP contribution < -0.4 is 10.1 Å². The van der Waals surface area contributed by atoms with Gasteiger partial charge in [-0.05, 0) is 43.7 Å². The second kappa shape index (κ2) is 9.43. The van der Waals surface area contributed by atoms with Crippen LogP contribution in [0.3, 0.4) is 0 Å². The number of nitrogens with one attached hydrogen (secondary N) is 1. The molecule has 1 N–H and O–H groups in total. The third kappa shape index (κ3) is 5.81. The topological polar surface area (TPSA) is 73.2 Å². The first-order valence-electron chi connectivity index (χ1n) is 10.1. The molecular weight excluding hydrogens is 480 g/mol. The molecule has 186 valence electrons. The normalized spacial score (nSPS) is 12.8. The van der Waals surface area contributed by atoms with Crippen LogP contribution in [0.5, 0.6) is 11.6 Å². The molecule has 0 aliphatic rings. The summed E-state index contributed by atoms with van der Waals surface area (Å²) in [6.07, 6.45) is -9.63. The molecule has 0 saturated carbocycles. The van der Waals surface area contributed by atoms with Crippen molar-refractivity contribution in [2.45, 2.75) is 32.2 Å². The van der Waals surface area contributed by atoms with Crippen molar-refractivity contribution in [2.24, 2.45) is 7.05 Å². The lowest BCUT2D eigenvalue weighted by molar-refractivity contribution is -0.142. The summed E-state index contributed by atoms with van der Waals surface area (Å²) in [5.41, 5.74) is -2.48. The van der Waals surface area contributed by atoms with Crippen LogP contribution in [-0.4, -0.2) is 21.5 Å². The Labute approximate surface area is 195 Å². The molecule has 12 heteroatoms. The summed E-state index contributed by atoms with van der Waals surface area (Å²) in [4.78, 5) is 24.4. The molecule has 0 spiro atoms. The van der Waals surface area contributed by atoms with E-state index in [0.717, 1.165) is 19.2 Å². The highest BCUT2D eigenvalue weighted by Crippen LogP contribution is 2.38. The predicted octanol–water partition coefficient (Wildman–Crippen LogP) is 5.94. The van der Waals surface area contributed by atoms with Crippen molar-refractivity contribution in [1.82, 2.24) is 15.1 Å². The molecule has 1 heterocycles. The van der Waals surface area contributed by atoms with E-state index >= 15 is 0 Å². The molecule has 0 aliphatic carbocycles. The fourth-order valence-corrected chi connectivity index (χ4v) is 3.21. The number of hydrogen-bond acceptors (Lipinski definition) is 4. The molecule has 3 rings (SSSR count). The maximum Gasteiger partial charge on any atom is 0.436 e. The summed E-state index contributed by atoms with van der Waals surface area (Å²) < 4.78 is 85.3. The number of amides is 1. The van der Waals surface area contributed by atoms with Gasteiger partial charge in [0, 0.05) is 12.6 Å². The number of nitrogens with zero attached hydrogens (tertiary/aromatic N) is 2. The number of benzene rings is 2. The molecule has 0 radical (unpaired) electrons. The predicted molar refractivity (Wildman–Crippen MR) is 112 cm³/mol. The molecule has 0 aliphatic heterocycles. The first kappa shape index (κ1) is 25.8. The average Bonchev–Trinajstić information content (AvgIpc) is 3.10. The fourth-order valence-electron chi connectivity index (χ4n) is 3.21. The van der Waals surface area contributed by atoms with Gasteiger partial charge < -0.3 is 10.1 Å². The van der Waals surface area contributed by atoms with Gasteiger partial charge in [0.25, 0.3) is 5.91 Å². The highest BCUT2D eigenvalue weighted by Gasteiger charge is 2.42. The lowest BCUT2D eigenvalue weighted by Crippen LogP contribution is -2.28. The largest absolute Gasteiger partial charge is 0.438 e. The maximum atomic E-state index is 13.6. The van der Waals surface area contributed by atoms with Crippen LogP contribution in [0.25, 0.3) is 0 Å². The SMILES string of the molecule is CC(=O)c1ccc([C@H](C)NC(=O)c2c(C(F)(F)F)nn(C)c2Oc2ccc(C(F)(F)F)cc2)cc1. The van der Waals surface area contributed by atoms with Crippen LogP contribution in [0.1, 0.15) is 57.4 Å². The Morgan fingerprint density at radius 2 is 1.51 bits per heavy atom. The van der Waals surface area contributed by atoms with Crippen molar-refractivity contribution in [3.63, 3.8) is 0 Å². The molecule has 1 atom stereocenters. The standard InChI is InChI=1S/C23H19F6N3O3/c1-12(14-4-6-15(7-5-14)13(2)33)30-20(34)18-19(23(27,28)29)31-32(3)21(18)35-17-10-8-16(9-11-17)22(24,25)26/h4-12H,1-3H3,(H,30,34)/t12-/m0/s1. The Morgan fingerprint density at radius 1 is 0.943 bits per heavy atom. The van der Waals surface area contributed by atoms with E-state index in [-0.39, 0.29) is 11.5 Å². The number of aromatic nitrogens is 2. The van der Waals surface area contributed by atoms with Crippen molar-refractivity contribution in [3.8, 4) is 11.6 Å². The van der Waals surface area contributed by atoms with Crippen molar-refractivity contribution >= 4 is 11.7 Å². The highest BCUT2D eigenvalue weighted by atomic mass is 19.4. The van der Waals surface area contributed by atoms with E-state index in [9.17, 15) is 35.9 Å². The maximum absolute atomic E-state index is 13.6. The number of carbonyl (C=O) groups is 2. The van der Waals surface area contributed by atoms with Crippen molar-refractivity contribution in [3.05, 3.63) is 76.5 Å². The summed E-state index contributed by atoms with van der Waals surface area (Å²) >= 11 is 0. The Morgan fingerprint density at radius 3 is 2.00 bits per heavy atom. The zero-order valence-electron chi connectivity index (χ0n) is 18.6. The van der Waals surface area contributed by atoms with Gasteiger partial charge >= 0.3 is 12.4 Å². The minimum absolute atomic E-state index is 0.177. The minimum atomic E-state index is -5.02. The number of Topliss-reactive ketones (excluding diaryl/α,β-unsaturated/α-hetero) is 1. The fraction of sp³-hybridized carbons (Fsp3) is 0.261. The van der Waals surface area contributed by atoms with E-state index in [1.807, 2.05) is 0 Å². The Bertz CT molecular complexity index is 1230. The van der Waals surface area contributed by atoms with Gasteiger partial charge in [0.15, 0.2) is 11.5 Å². The number of carbonyl (C=O) groups excluding carboxylic acids is 2. The number of hydrogen-bond donors (Lipinski definition) is 1. The second-order valence-corrected chi connectivity index (χ2v) is 7.65. The molecule has 0 bridgehead atoms. The number of alkyl halides is 6. The van der Waals surface area contributed by atoms with Crippen LogP contribution in [0.2, 0.25) is 0 Å². The zero-order valence-corrected chi connectivity index (χ0v) is 18.6. The highest BCUT2D eigenvalue weighted by molar-refractivity contribution is 5.98. The minimum Gasteiger partial charge on any atom is -0.438 e. The summed E-state index contributed by atoms with van der Waals surface area (Å²) in [5.74, 6) is -2.16. The molecule has 3 aromatic rings. The first-order valence-corrected chi connectivity index (χ1v) is 10.1. The summed E-state index contributed by atoms with van der Waals surface area (Å²) in [6.45, 7) is 2.90. The van der Waals surface area contributed by atoms with Gasteiger partial charge in [-0.3, -0.25) is 9.59 Å². The molecule has 1 aromatic heterocycles. The lowest BCUT2D eigenvalue weighted by atomic mass is 10.0. The quantitative estimate of drug-likeness (QED) is 0.336. The van der Waals surface area contributed by atoms with Gasteiger partial charge in [0.2, 0.25) is 5.88 Å². The third-order valence-electron chi connectivity index (χ3n) is 5.05. The Balaban J connectivity index is 1.93. The average molecular weight is 499 g/mol. The molecule has 1 amide bonds. The van der Waals surface area contributed by atoms with Gasteiger partial charge in [-0.25, -0.2) is 4.68 Å². The van der Waals surface area contributed by atoms with Crippen LogP contribution in [-0.2, 0) is 19.4 Å². The molecular formula is C23H19F6N3O3. The van der Waals surface area contributed by atoms with Crippen molar-refractivity contribution in [2.75, 3.05) is 0 Å². The number of aryl methyl sites for hydroxylation is 1. The van der Waals surface area contributed by atoms with Crippen LogP contribution in [0.4, 0.5) is 26.3 Å². The third-order valence-corrected chi connectivity index (χ3v) is 5.05. The van der Waals surface area contributed by atoms with E-state index < -0.39 is 47.0 Å². The summed E-state index contributed by atoms with van der Waals surface area (Å²) in [5, 5.41) is 5.79. The second-order valence-electron chi connectivity index (χ2n) is 7.65. The monoisotopic (exact) mass is 499 g/mol. The van der Waals surface area contributed by atoms with Crippen LogP contribution >= 0.6 is 0 Å². The van der Waals surface area contributed by atoms with Crippen molar-refractivity contribution in [1.29, 1.82) is 0 Å². The summed E-state index contributed by atoms with van der Waals surface area (Å²) in [6, 6.07) is 8.61. The molecule has 0 saturated heterocycles. The molecule has 6 nitrogen and oxygen atoms in total. The lowest BCUT2D eigenvalue weighted by Gasteiger charge is -2.16. The molecule has 2 aromatic carbocycles. The van der Waals surface area contributed by atoms with Crippen molar-refractivity contribution < 1.29 is 40.7 Å². The van der Waals surface area contributed by atoms with E-state index in [1.54, 1.807) is 12.1 Å². The van der Waals surface area contributed by atoms with Gasteiger partial charge in [-0.2, -0.15) is 31.4 Å². The van der Waals surface area contributed by atoms with Gasteiger partial charge in [-0.1, -0.05) is 24.3 Å². The number of ketones is 1. The first-order chi connectivity index (χ1) is 16.2. The van der Waals surface area contributed by atoms with Gasteiger partial charge in [-0.15, -0.1) is 0 Å². The molecule has 0 unspecified atom stereocenters. The Kier molecular flexibility index (Phi) is 6.95. The van der Waals surface area contributed by atoms with E-state index in [0.29, 0.717) is 27.9 Å². The Hall–Kier alpha value is -3.83. The van der Waals surface area contributed by atoms with Gasteiger partial charge in [0.05, 0.1) is 11.6 Å². The smallest absolute Gasteiger partial charge is 0.436 e.